The van der Waals surface area contributed by atoms with Gasteiger partial charge in [0.05, 0.1) is 11.3 Å². The Morgan fingerprint density at radius 3 is 2.46 bits per heavy atom. The molecular weight excluding hydrogens is 450 g/mol. The summed E-state index contributed by atoms with van der Waals surface area (Å²) in [6.07, 6.45) is 1.36. The van der Waals surface area contributed by atoms with Crippen molar-refractivity contribution in [2.75, 3.05) is 41.7 Å². The zero-order valence-electron chi connectivity index (χ0n) is 19.9. The number of pyridine rings is 1. The van der Waals surface area contributed by atoms with Crippen molar-refractivity contribution in [3.63, 3.8) is 0 Å². The molecule has 0 atom stereocenters. The Balaban J connectivity index is 1.44. The lowest BCUT2D eigenvalue weighted by molar-refractivity contribution is 0.100. The Morgan fingerprint density at radius 2 is 1.80 bits per heavy atom. The molecule has 4 N–H and O–H groups in total. The number of halogens is 2. The van der Waals surface area contributed by atoms with Gasteiger partial charge in [0, 0.05) is 68.0 Å². The zero-order valence-corrected chi connectivity index (χ0v) is 19.9. The van der Waals surface area contributed by atoms with Crippen LogP contribution in [-0.2, 0) is 6.54 Å². The quantitative estimate of drug-likeness (QED) is 0.445. The molecule has 0 saturated carbocycles. The number of rotatable bonds is 8. The summed E-state index contributed by atoms with van der Waals surface area (Å²) in [6.45, 7) is 8.49. The van der Waals surface area contributed by atoms with Gasteiger partial charge < -0.3 is 21.3 Å². The van der Waals surface area contributed by atoms with Crippen molar-refractivity contribution in [3.05, 3.63) is 77.5 Å². The van der Waals surface area contributed by atoms with Gasteiger partial charge in [-0.15, -0.1) is 0 Å². The highest BCUT2D eigenvalue weighted by molar-refractivity contribution is 5.98. The van der Waals surface area contributed by atoms with E-state index in [1.54, 1.807) is 6.07 Å². The van der Waals surface area contributed by atoms with Crippen molar-refractivity contribution in [3.8, 4) is 0 Å². The molecule has 2 heterocycles. The lowest BCUT2D eigenvalue weighted by Gasteiger charge is -2.38. The van der Waals surface area contributed by atoms with E-state index in [9.17, 15) is 13.6 Å². The van der Waals surface area contributed by atoms with Crippen LogP contribution in [0, 0.1) is 11.6 Å². The van der Waals surface area contributed by atoms with Gasteiger partial charge in [-0.05, 0) is 44.2 Å². The van der Waals surface area contributed by atoms with Gasteiger partial charge in [-0.25, -0.2) is 13.8 Å². The number of benzene rings is 2. The molecule has 1 aliphatic rings. The minimum absolute atomic E-state index is 0.0217. The fourth-order valence-corrected chi connectivity index (χ4v) is 4.14. The van der Waals surface area contributed by atoms with Crippen LogP contribution in [0.25, 0.3) is 0 Å². The van der Waals surface area contributed by atoms with Crippen LogP contribution >= 0.6 is 0 Å². The third-order valence-corrected chi connectivity index (χ3v) is 6.22. The standard InChI is InChI=1S/C26H30F2N6O/c1-17(2)33-10-12-34(13-11-33)20-8-6-19(7-9-20)32-24-14-23(21(16-31-24)26(29)35)30-15-18-4-3-5-22(27)25(18)28/h3-9,14,16-17H,10-13,15H2,1-2H3,(H2,29,35)(H2,30,31,32). The molecule has 3 aromatic rings. The number of nitrogens with zero attached hydrogens (tertiary/aromatic N) is 3. The lowest BCUT2D eigenvalue weighted by atomic mass is 10.1. The van der Waals surface area contributed by atoms with Gasteiger partial charge in [0.1, 0.15) is 5.82 Å². The van der Waals surface area contributed by atoms with Gasteiger partial charge in [0.25, 0.3) is 5.91 Å². The van der Waals surface area contributed by atoms with Gasteiger partial charge in [0.15, 0.2) is 11.6 Å². The Bertz CT molecular complexity index is 1180. The largest absolute Gasteiger partial charge is 0.380 e. The van der Waals surface area contributed by atoms with E-state index in [0.29, 0.717) is 17.5 Å². The number of piperazine rings is 1. The number of carbonyl (C=O) groups excluding carboxylic acids is 1. The third-order valence-electron chi connectivity index (χ3n) is 6.22. The van der Waals surface area contributed by atoms with E-state index in [2.05, 4.69) is 51.4 Å². The minimum atomic E-state index is -0.932. The van der Waals surface area contributed by atoms with Crippen LogP contribution < -0.4 is 21.3 Å². The highest BCUT2D eigenvalue weighted by Crippen LogP contribution is 2.25. The molecule has 0 spiro atoms. The number of hydrogen-bond acceptors (Lipinski definition) is 6. The molecule has 35 heavy (non-hydrogen) atoms. The molecule has 9 heteroatoms. The second kappa shape index (κ2) is 10.7. The normalized spacial score (nSPS) is 14.3. The Kier molecular flexibility index (Phi) is 7.45. The van der Waals surface area contributed by atoms with Gasteiger partial charge in [-0.2, -0.15) is 0 Å². The van der Waals surface area contributed by atoms with Gasteiger partial charge >= 0.3 is 0 Å². The SMILES string of the molecule is CC(C)N1CCN(c2ccc(Nc3cc(NCc4cccc(F)c4F)c(C(N)=O)cn3)cc2)CC1. The van der Waals surface area contributed by atoms with Crippen molar-refractivity contribution in [2.24, 2.45) is 5.73 Å². The highest BCUT2D eigenvalue weighted by atomic mass is 19.2. The molecule has 1 saturated heterocycles. The van der Waals surface area contributed by atoms with Crippen LogP contribution in [0.5, 0.6) is 0 Å². The molecule has 4 rings (SSSR count). The average Bonchev–Trinajstić information content (AvgIpc) is 2.85. The van der Waals surface area contributed by atoms with Crippen LogP contribution in [0.3, 0.4) is 0 Å². The number of anilines is 4. The first-order chi connectivity index (χ1) is 16.8. The van der Waals surface area contributed by atoms with Crippen LogP contribution in [0.2, 0.25) is 0 Å². The summed E-state index contributed by atoms with van der Waals surface area (Å²) >= 11 is 0. The molecule has 1 aromatic heterocycles. The molecular formula is C26H30F2N6O. The summed E-state index contributed by atoms with van der Waals surface area (Å²) in [5.74, 6) is -2.05. The molecule has 2 aromatic carbocycles. The fourth-order valence-electron chi connectivity index (χ4n) is 4.14. The summed E-state index contributed by atoms with van der Waals surface area (Å²) in [4.78, 5) is 21.0. The van der Waals surface area contributed by atoms with Crippen molar-refractivity contribution >= 4 is 28.8 Å². The smallest absolute Gasteiger partial charge is 0.252 e. The number of primary amides is 1. The Labute approximate surface area is 203 Å². The van der Waals surface area contributed by atoms with Crippen LogP contribution in [0.1, 0.15) is 29.8 Å². The van der Waals surface area contributed by atoms with Crippen molar-refractivity contribution < 1.29 is 13.6 Å². The van der Waals surface area contributed by atoms with Gasteiger partial charge in [0.2, 0.25) is 0 Å². The highest BCUT2D eigenvalue weighted by Gasteiger charge is 2.19. The van der Waals surface area contributed by atoms with Gasteiger partial charge in [-0.1, -0.05) is 12.1 Å². The summed E-state index contributed by atoms with van der Waals surface area (Å²) < 4.78 is 27.5. The molecule has 184 valence electrons. The Morgan fingerprint density at radius 1 is 1.09 bits per heavy atom. The number of nitrogens with one attached hydrogen (secondary N) is 2. The number of hydrogen-bond donors (Lipinski definition) is 3. The van der Waals surface area contributed by atoms with Crippen LogP contribution in [0.15, 0.2) is 54.7 Å². The van der Waals surface area contributed by atoms with E-state index in [-0.39, 0.29) is 17.7 Å². The maximum absolute atomic E-state index is 14.0. The summed E-state index contributed by atoms with van der Waals surface area (Å²) in [6, 6.07) is 14.2. The molecule has 0 unspecified atom stereocenters. The molecule has 1 aliphatic heterocycles. The Hall–Kier alpha value is -3.72. The van der Waals surface area contributed by atoms with E-state index in [4.69, 9.17) is 5.73 Å². The minimum Gasteiger partial charge on any atom is -0.380 e. The molecule has 0 radical (unpaired) electrons. The molecule has 7 nitrogen and oxygen atoms in total. The first kappa shape index (κ1) is 24.4. The molecule has 1 amide bonds. The van der Waals surface area contributed by atoms with E-state index < -0.39 is 17.5 Å². The van der Waals surface area contributed by atoms with Crippen LogP contribution in [0.4, 0.5) is 31.7 Å². The second-order valence-electron chi connectivity index (χ2n) is 8.83. The predicted octanol–water partition coefficient (Wildman–Crippen LogP) is 4.34. The van der Waals surface area contributed by atoms with Crippen LogP contribution in [-0.4, -0.2) is 48.0 Å². The van der Waals surface area contributed by atoms with Crippen molar-refractivity contribution in [1.29, 1.82) is 0 Å². The van der Waals surface area contributed by atoms with E-state index in [1.165, 1.54) is 18.3 Å². The molecule has 0 bridgehead atoms. The zero-order chi connectivity index (χ0) is 24.9. The monoisotopic (exact) mass is 480 g/mol. The fraction of sp³-hybridized carbons (Fsp3) is 0.308. The topological polar surface area (TPSA) is 86.5 Å². The van der Waals surface area contributed by atoms with Crippen molar-refractivity contribution in [1.82, 2.24) is 9.88 Å². The molecule has 0 aliphatic carbocycles. The first-order valence-electron chi connectivity index (χ1n) is 11.6. The maximum atomic E-state index is 14.0. The first-order valence-corrected chi connectivity index (χ1v) is 11.6. The van der Waals surface area contributed by atoms with E-state index in [1.807, 2.05) is 12.1 Å². The maximum Gasteiger partial charge on any atom is 0.252 e. The third kappa shape index (κ3) is 5.86. The summed E-state index contributed by atoms with van der Waals surface area (Å²) in [5.41, 5.74) is 8.13. The number of carbonyl (C=O) groups is 1. The predicted molar refractivity (Wildman–Crippen MR) is 135 cm³/mol. The van der Waals surface area contributed by atoms with E-state index >= 15 is 0 Å². The number of amides is 1. The average molecular weight is 481 g/mol. The number of nitrogens with two attached hydrogens (primary N) is 1. The van der Waals surface area contributed by atoms with E-state index in [0.717, 1.165) is 43.6 Å². The summed E-state index contributed by atoms with van der Waals surface area (Å²) in [7, 11) is 0. The van der Waals surface area contributed by atoms with Gasteiger partial charge in [-0.3, -0.25) is 9.69 Å². The van der Waals surface area contributed by atoms with Crippen molar-refractivity contribution in [2.45, 2.75) is 26.4 Å². The second-order valence-corrected chi connectivity index (χ2v) is 8.83. The number of aromatic nitrogens is 1. The molecule has 1 fully saturated rings. The summed E-state index contributed by atoms with van der Waals surface area (Å²) in [5, 5.41) is 6.19. The lowest BCUT2D eigenvalue weighted by Crippen LogP contribution is -2.48.